The third kappa shape index (κ3) is 2.20. The van der Waals surface area contributed by atoms with E-state index in [-0.39, 0.29) is 12.0 Å². The predicted molar refractivity (Wildman–Crippen MR) is 57.4 cm³/mol. The summed E-state index contributed by atoms with van der Waals surface area (Å²) in [7, 11) is 1.67. The lowest BCUT2D eigenvalue weighted by Gasteiger charge is -2.04. The van der Waals surface area contributed by atoms with Crippen molar-refractivity contribution in [3.63, 3.8) is 0 Å². The lowest BCUT2D eigenvalue weighted by Crippen LogP contribution is -2.17. The van der Waals surface area contributed by atoms with E-state index in [1.165, 1.54) is 0 Å². The largest absolute Gasteiger partial charge is 0.479 e. The van der Waals surface area contributed by atoms with Crippen LogP contribution in [0.15, 0.2) is 24.4 Å². The zero-order chi connectivity index (χ0) is 11.4. The highest BCUT2D eigenvalue weighted by atomic mass is 16.3. The Kier molecular flexibility index (Phi) is 2.88. The van der Waals surface area contributed by atoms with Crippen molar-refractivity contribution in [1.29, 1.82) is 0 Å². The predicted octanol–water partition coefficient (Wildman–Crippen LogP) is 0.185. The van der Waals surface area contributed by atoms with Gasteiger partial charge < -0.3 is 5.11 Å². The van der Waals surface area contributed by atoms with Gasteiger partial charge in [-0.05, 0) is 12.1 Å². The van der Waals surface area contributed by atoms with Gasteiger partial charge in [0.15, 0.2) is 5.82 Å². The topological polar surface area (TPSA) is 95.9 Å². The molecule has 0 fully saturated rings. The first-order valence-corrected chi connectivity index (χ1v) is 4.59. The molecule has 2 heterocycles. The van der Waals surface area contributed by atoms with Crippen LogP contribution in [-0.2, 0) is 0 Å². The Labute approximate surface area is 91.6 Å². The second-order valence-corrected chi connectivity index (χ2v) is 2.87. The molecule has 16 heavy (non-hydrogen) atoms. The number of rotatable bonds is 3. The van der Waals surface area contributed by atoms with Crippen LogP contribution in [0.25, 0.3) is 11.5 Å². The van der Waals surface area contributed by atoms with Crippen LogP contribution in [0.1, 0.15) is 0 Å². The van der Waals surface area contributed by atoms with E-state index in [1.54, 1.807) is 25.4 Å². The molecule has 0 aliphatic rings. The second kappa shape index (κ2) is 4.49. The zero-order valence-corrected chi connectivity index (χ0v) is 8.55. The van der Waals surface area contributed by atoms with Crippen LogP contribution in [0.5, 0.6) is 6.01 Å². The molecule has 82 valence electrons. The number of aromatic hydroxyl groups is 1. The molecule has 0 radical (unpaired) electrons. The summed E-state index contributed by atoms with van der Waals surface area (Å²) in [6.45, 7) is 0. The van der Waals surface area contributed by atoms with E-state index in [9.17, 15) is 5.11 Å². The zero-order valence-electron chi connectivity index (χ0n) is 8.55. The maximum Gasteiger partial charge on any atom is 0.319 e. The normalized spacial score (nSPS) is 10.1. The Morgan fingerprint density at radius 1 is 1.19 bits per heavy atom. The lowest BCUT2D eigenvalue weighted by molar-refractivity contribution is 0.429. The monoisotopic (exact) mass is 218 g/mol. The molecule has 0 aliphatic carbocycles. The van der Waals surface area contributed by atoms with Crippen molar-refractivity contribution in [2.45, 2.75) is 0 Å². The van der Waals surface area contributed by atoms with Crippen molar-refractivity contribution in [1.82, 2.24) is 25.4 Å². The minimum atomic E-state index is -0.353. The molecule has 0 saturated heterocycles. The maximum absolute atomic E-state index is 9.32. The fraction of sp³-hybridized carbons (Fsp3) is 0.111. The summed E-state index contributed by atoms with van der Waals surface area (Å²) in [4.78, 5) is 15.6. The number of hydrogen-bond acceptors (Lipinski definition) is 7. The summed E-state index contributed by atoms with van der Waals surface area (Å²) in [6.07, 6.45) is 1.63. The molecule has 0 bridgehead atoms. The van der Waals surface area contributed by atoms with Crippen LogP contribution in [-0.4, -0.2) is 32.1 Å². The molecular weight excluding hydrogens is 208 g/mol. The van der Waals surface area contributed by atoms with E-state index in [2.05, 4.69) is 30.8 Å². The summed E-state index contributed by atoms with van der Waals surface area (Å²) in [6, 6.07) is 5.00. The van der Waals surface area contributed by atoms with Crippen LogP contribution in [0.2, 0.25) is 0 Å². The molecule has 7 heteroatoms. The summed E-state index contributed by atoms with van der Waals surface area (Å²) in [5.41, 5.74) is 5.88. The van der Waals surface area contributed by atoms with E-state index in [1.807, 2.05) is 6.07 Å². The number of hydrogen-bond donors (Lipinski definition) is 3. The quantitative estimate of drug-likeness (QED) is 0.632. The number of pyridine rings is 1. The highest BCUT2D eigenvalue weighted by Gasteiger charge is 2.07. The average Bonchev–Trinajstić information content (AvgIpc) is 2.30. The molecule has 3 N–H and O–H groups in total. The van der Waals surface area contributed by atoms with Crippen molar-refractivity contribution in [3.8, 4) is 17.5 Å². The Balaban J connectivity index is 2.41. The number of anilines is 1. The highest BCUT2D eigenvalue weighted by molar-refractivity contribution is 5.50. The maximum atomic E-state index is 9.32. The van der Waals surface area contributed by atoms with Gasteiger partial charge in [-0.25, -0.2) is 5.43 Å². The summed E-state index contributed by atoms with van der Waals surface area (Å²) < 4.78 is 0. The van der Waals surface area contributed by atoms with Crippen molar-refractivity contribution in [2.75, 3.05) is 12.5 Å². The number of aromatic nitrogens is 4. The standard InChI is InChI=1S/C9H10N6O/c1-10-15-8-12-7(13-9(16)14-8)6-4-2-3-5-11-6/h2-5,10H,1H3,(H2,12,13,14,15,16). The smallest absolute Gasteiger partial charge is 0.319 e. The van der Waals surface area contributed by atoms with Gasteiger partial charge in [0.2, 0.25) is 5.95 Å². The average molecular weight is 218 g/mol. The summed E-state index contributed by atoms with van der Waals surface area (Å²) in [5, 5.41) is 9.32. The van der Waals surface area contributed by atoms with Gasteiger partial charge in [0.25, 0.3) is 0 Å². The van der Waals surface area contributed by atoms with Crippen LogP contribution < -0.4 is 10.9 Å². The Morgan fingerprint density at radius 2 is 2.06 bits per heavy atom. The van der Waals surface area contributed by atoms with E-state index < -0.39 is 0 Å². The minimum Gasteiger partial charge on any atom is -0.479 e. The molecule has 2 aromatic rings. The number of nitrogens with one attached hydrogen (secondary N) is 2. The van der Waals surface area contributed by atoms with E-state index in [0.29, 0.717) is 11.5 Å². The molecule has 0 amide bonds. The molecule has 0 aromatic carbocycles. The molecule has 0 atom stereocenters. The van der Waals surface area contributed by atoms with Crippen molar-refractivity contribution >= 4 is 5.95 Å². The van der Waals surface area contributed by atoms with Gasteiger partial charge >= 0.3 is 6.01 Å². The third-order valence-corrected chi connectivity index (χ3v) is 1.75. The van der Waals surface area contributed by atoms with Gasteiger partial charge in [0.05, 0.1) is 0 Å². The lowest BCUT2D eigenvalue weighted by atomic mass is 10.3. The van der Waals surface area contributed by atoms with Gasteiger partial charge in [-0.3, -0.25) is 10.4 Å². The van der Waals surface area contributed by atoms with Gasteiger partial charge in [-0.1, -0.05) is 6.07 Å². The van der Waals surface area contributed by atoms with Crippen molar-refractivity contribution in [3.05, 3.63) is 24.4 Å². The Bertz CT molecular complexity index is 475. The molecule has 2 aromatic heterocycles. The van der Waals surface area contributed by atoms with Crippen molar-refractivity contribution < 1.29 is 5.11 Å². The first kappa shape index (κ1) is 10.2. The molecule has 0 unspecified atom stereocenters. The number of hydrazine groups is 1. The van der Waals surface area contributed by atoms with Crippen LogP contribution >= 0.6 is 0 Å². The first-order chi connectivity index (χ1) is 7.79. The molecular formula is C9H10N6O. The fourth-order valence-corrected chi connectivity index (χ4v) is 1.14. The van der Waals surface area contributed by atoms with E-state index in [0.717, 1.165) is 0 Å². The molecule has 0 aliphatic heterocycles. The van der Waals surface area contributed by atoms with Crippen LogP contribution in [0.3, 0.4) is 0 Å². The van der Waals surface area contributed by atoms with Crippen LogP contribution in [0.4, 0.5) is 5.95 Å². The van der Waals surface area contributed by atoms with Crippen LogP contribution in [0, 0.1) is 0 Å². The van der Waals surface area contributed by atoms with Gasteiger partial charge in [-0.15, -0.1) is 0 Å². The number of nitrogens with zero attached hydrogens (tertiary/aromatic N) is 4. The molecule has 0 saturated carbocycles. The molecule has 7 nitrogen and oxygen atoms in total. The SMILES string of the molecule is CNNc1nc(O)nc(-c2ccccn2)n1. The Hall–Kier alpha value is -2.28. The van der Waals surface area contributed by atoms with E-state index >= 15 is 0 Å². The second-order valence-electron chi connectivity index (χ2n) is 2.87. The third-order valence-electron chi connectivity index (χ3n) is 1.75. The van der Waals surface area contributed by atoms with Crippen molar-refractivity contribution in [2.24, 2.45) is 0 Å². The summed E-state index contributed by atoms with van der Waals surface area (Å²) >= 11 is 0. The molecule has 2 rings (SSSR count). The molecule has 0 spiro atoms. The van der Waals surface area contributed by atoms with E-state index in [4.69, 9.17) is 0 Å². The van der Waals surface area contributed by atoms with Gasteiger partial charge in [-0.2, -0.15) is 15.0 Å². The van der Waals surface area contributed by atoms with Gasteiger partial charge in [0.1, 0.15) is 5.69 Å². The minimum absolute atomic E-state index is 0.232. The van der Waals surface area contributed by atoms with Gasteiger partial charge in [0, 0.05) is 13.2 Å². The first-order valence-electron chi connectivity index (χ1n) is 4.59. The Morgan fingerprint density at radius 3 is 2.75 bits per heavy atom. The summed E-state index contributed by atoms with van der Waals surface area (Å²) in [5.74, 6) is 0.543. The fourth-order valence-electron chi connectivity index (χ4n) is 1.14. The highest BCUT2D eigenvalue weighted by Crippen LogP contribution is 2.14.